The largest absolute Gasteiger partial charge is 0.305 e. The molecule has 3 nitrogen and oxygen atoms in total. The first-order valence-corrected chi connectivity index (χ1v) is 6.47. The van der Waals surface area contributed by atoms with Gasteiger partial charge < -0.3 is 4.90 Å². The Morgan fingerprint density at radius 1 is 1.33 bits per heavy atom. The Kier molecular flexibility index (Phi) is 5.88. The number of hydrogen-bond donors (Lipinski definition) is 0. The van der Waals surface area contributed by atoms with Gasteiger partial charge in [-0.05, 0) is 20.0 Å². The molecule has 0 aromatic carbocycles. The maximum Gasteiger partial charge on any atom is 0.147 e. The third-order valence-corrected chi connectivity index (χ3v) is 2.72. The van der Waals surface area contributed by atoms with Crippen LogP contribution >= 0.6 is 11.6 Å². The maximum absolute atomic E-state index is 10.7. The highest BCUT2D eigenvalue weighted by Crippen LogP contribution is 1.92. The SMILES string of the molecule is CN(CCCl)CCCS(C)(=O)=O. The van der Waals surface area contributed by atoms with Gasteiger partial charge in [-0.2, -0.15) is 0 Å². The molecule has 0 aliphatic heterocycles. The fourth-order valence-corrected chi connectivity index (χ4v) is 1.79. The monoisotopic (exact) mass is 213 g/mol. The molecule has 0 unspecified atom stereocenters. The van der Waals surface area contributed by atoms with E-state index in [1.807, 2.05) is 11.9 Å². The number of alkyl halides is 1. The van der Waals surface area contributed by atoms with Gasteiger partial charge in [0.1, 0.15) is 9.84 Å². The van der Waals surface area contributed by atoms with E-state index < -0.39 is 9.84 Å². The molecule has 0 heterocycles. The Balaban J connectivity index is 3.44. The molecule has 0 saturated carbocycles. The average Bonchev–Trinajstić information content (AvgIpc) is 1.84. The average molecular weight is 214 g/mol. The fraction of sp³-hybridized carbons (Fsp3) is 1.00. The molecule has 0 spiro atoms. The smallest absolute Gasteiger partial charge is 0.147 e. The summed E-state index contributed by atoms with van der Waals surface area (Å²) < 4.78 is 21.5. The van der Waals surface area contributed by atoms with Gasteiger partial charge in [0, 0.05) is 18.7 Å². The van der Waals surface area contributed by atoms with Crippen LogP contribution in [0.2, 0.25) is 0 Å². The van der Waals surface area contributed by atoms with Gasteiger partial charge in [-0.1, -0.05) is 0 Å². The highest BCUT2D eigenvalue weighted by atomic mass is 35.5. The van der Waals surface area contributed by atoms with Crippen LogP contribution in [-0.2, 0) is 9.84 Å². The molecule has 0 saturated heterocycles. The predicted molar refractivity (Wildman–Crippen MR) is 52.5 cm³/mol. The van der Waals surface area contributed by atoms with E-state index >= 15 is 0 Å². The Bertz CT molecular complexity index is 203. The second kappa shape index (κ2) is 5.78. The van der Waals surface area contributed by atoms with Gasteiger partial charge in [0.2, 0.25) is 0 Å². The van der Waals surface area contributed by atoms with Gasteiger partial charge in [0.05, 0.1) is 5.75 Å². The van der Waals surface area contributed by atoms with Gasteiger partial charge in [-0.25, -0.2) is 8.42 Å². The molecule has 0 aliphatic rings. The van der Waals surface area contributed by atoms with E-state index in [0.717, 1.165) is 13.1 Å². The quantitative estimate of drug-likeness (QED) is 0.607. The molecule has 0 bridgehead atoms. The topological polar surface area (TPSA) is 37.4 Å². The lowest BCUT2D eigenvalue weighted by Crippen LogP contribution is -2.23. The first kappa shape index (κ1) is 12.2. The molecule has 0 N–H and O–H groups in total. The van der Waals surface area contributed by atoms with E-state index in [9.17, 15) is 8.42 Å². The van der Waals surface area contributed by atoms with E-state index in [1.165, 1.54) is 6.26 Å². The Labute approximate surface area is 79.6 Å². The molecule has 0 aromatic heterocycles. The molecule has 0 aliphatic carbocycles. The lowest BCUT2D eigenvalue weighted by atomic mass is 10.4. The van der Waals surface area contributed by atoms with Gasteiger partial charge in [-0.15, -0.1) is 11.6 Å². The molecule has 0 fully saturated rings. The first-order valence-electron chi connectivity index (χ1n) is 3.88. The van der Waals surface area contributed by atoms with Crippen molar-refractivity contribution in [3.8, 4) is 0 Å². The maximum atomic E-state index is 10.7. The summed E-state index contributed by atoms with van der Waals surface area (Å²) in [4.78, 5) is 2.03. The molecule has 0 amide bonds. The zero-order valence-corrected chi connectivity index (χ0v) is 9.16. The molecular weight excluding hydrogens is 198 g/mol. The van der Waals surface area contributed by atoms with Crippen LogP contribution in [0.4, 0.5) is 0 Å². The van der Waals surface area contributed by atoms with Gasteiger partial charge >= 0.3 is 0 Å². The molecule has 0 atom stereocenters. The summed E-state index contributed by atoms with van der Waals surface area (Å²) in [6, 6.07) is 0. The van der Waals surface area contributed by atoms with Crippen LogP contribution < -0.4 is 0 Å². The van der Waals surface area contributed by atoms with Crippen molar-refractivity contribution in [2.75, 3.05) is 38.0 Å². The van der Waals surface area contributed by atoms with Crippen LogP contribution in [0.3, 0.4) is 0 Å². The summed E-state index contributed by atoms with van der Waals surface area (Å²) >= 11 is 5.51. The van der Waals surface area contributed by atoms with Crippen LogP contribution in [0.5, 0.6) is 0 Å². The number of rotatable bonds is 6. The summed E-state index contributed by atoms with van der Waals surface area (Å²) in [7, 11) is -0.859. The summed E-state index contributed by atoms with van der Waals surface area (Å²) in [5.74, 6) is 0.856. The zero-order valence-electron chi connectivity index (χ0n) is 7.59. The molecule has 0 radical (unpaired) electrons. The van der Waals surface area contributed by atoms with Gasteiger partial charge in [0.25, 0.3) is 0 Å². The predicted octanol–water partition coefficient (Wildman–Crippen LogP) is 0.592. The summed E-state index contributed by atoms with van der Waals surface area (Å²) in [5, 5.41) is 0. The Morgan fingerprint density at radius 2 is 1.92 bits per heavy atom. The third kappa shape index (κ3) is 8.30. The van der Waals surface area contributed by atoms with Crippen molar-refractivity contribution in [1.29, 1.82) is 0 Å². The van der Waals surface area contributed by atoms with E-state index in [4.69, 9.17) is 11.6 Å². The zero-order chi connectivity index (χ0) is 9.61. The molecule has 0 aromatic rings. The highest BCUT2D eigenvalue weighted by Gasteiger charge is 2.02. The van der Waals surface area contributed by atoms with Crippen molar-refractivity contribution >= 4 is 21.4 Å². The number of nitrogens with zero attached hydrogens (tertiary/aromatic N) is 1. The minimum absolute atomic E-state index is 0.264. The third-order valence-electron chi connectivity index (χ3n) is 1.52. The highest BCUT2D eigenvalue weighted by molar-refractivity contribution is 7.90. The molecule has 74 valence electrons. The van der Waals surface area contributed by atoms with Crippen LogP contribution in [0, 0.1) is 0 Å². The van der Waals surface area contributed by atoms with Crippen molar-refractivity contribution in [2.45, 2.75) is 6.42 Å². The summed E-state index contributed by atoms with van der Waals surface area (Å²) in [6.45, 7) is 1.60. The van der Waals surface area contributed by atoms with Crippen LogP contribution in [-0.4, -0.2) is 51.3 Å². The van der Waals surface area contributed by atoms with E-state index in [0.29, 0.717) is 12.3 Å². The van der Waals surface area contributed by atoms with Crippen molar-refractivity contribution in [2.24, 2.45) is 0 Å². The fourth-order valence-electron chi connectivity index (χ4n) is 0.853. The Hall–Kier alpha value is 0.200. The number of sulfone groups is 1. The second-order valence-electron chi connectivity index (χ2n) is 2.98. The lowest BCUT2D eigenvalue weighted by molar-refractivity contribution is 0.356. The van der Waals surface area contributed by atoms with Crippen molar-refractivity contribution in [3.63, 3.8) is 0 Å². The van der Waals surface area contributed by atoms with Crippen LogP contribution in [0.15, 0.2) is 0 Å². The minimum atomic E-state index is -2.79. The second-order valence-corrected chi connectivity index (χ2v) is 5.61. The lowest BCUT2D eigenvalue weighted by Gasteiger charge is -2.13. The van der Waals surface area contributed by atoms with Crippen molar-refractivity contribution in [1.82, 2.24) is 4.90 Å². The summed E-state index contributed by atoms with van der Waals surface area (Å²) in [6.07, 6.45) is 1.95. The molecular formula is C7H16ClNO2S. The standard InChI is InChI=1S/C7H16ClNO2S/c1-9(6-4-8)5-3-7-12(2,10)11/h3-7H2,1-2H3. The minimum Gasteiger partial charge on any atom is -0.305 e. The van der Waals surface area contributed by atoms with Gasteiger partial charge in [-0.3, -0.25) is 0 Å². The number of hydrogen-bond acceptors (Lipinski definition) is 3. The first-order chi connectivity index (χ1) is 5.45. The van der Waals surface area contributed by atoms with Crippen molar-refractivity contribution < 1.29 is 8.42 Å². The summed E-state index contributed by atoms with van der Waals surface area (Å²) in [5.41, 5.74) is 0. The number of halogens is 1. The van der Waals surface area contributed by atoms with E-state index in [1.54, 1.807) is 0 Å². The molecule has 0 rings (SSSR count). The van der Waals surface area contributed by atoms with Crippen LogP contribution in [0.25, 0.3) is 0 Å². The molecule has 12 heavy (non-hydrogen) atoms. The van der Waals surface area contributed by atoms with Crippen LogP contribution in [0.1, 0.15) is 6.42 Å². The Morgan fingerprint density at radius 3 is 2.33 bits per heavy atom. The normalized spacial score (nSPS) is 12.3. The van der Waals surface area contributed by atoms with E-state index in [-0.39, 0.29) is 5.75 Å². The van der Waals surface area contributed by atoms with Gasteiger partial charge in [0.15, 0.2) is 0 Å². The van der Waals surface area contributed by atoms with Crippen molar-refractivity contribution in [3.05, 3.63) is 0 Å². The van der Waals surface area contributed by atoms with E-state index in [2.05, 4.69) is 0 Å². The molecule has 5 heteroatoms.